The normalized spacial score (nSPS) is 12.4. The van der Waals surface area contributed by atoms with E-state index >= 15 is 0 Å². The van der Waals surface area contributed by atoms with Crippen LogP contribution in [0, 0.1) is 11.6 Å². The third kappa shape index (κ3) is 3.56. The van der Waals surface area contributed by atoms with E-state index in [0.717, 1.165) is 18.2 Å². The summed E-state index contributed by atoms with van der Waals surface area (Å²) in [6, 6.07) is 2.80. The van der Waals surface area contributed by atoms with Crippen LogP contribution in [0.4, 0.5) is 8.78 Å². The fraction of sp³-hybridized carbons (Fsp3) is 0.300. The molecule has 0 aliphatic rings. The van der Waals surface area contributed by atoms with Gasteiger partial charge < -0.3 is 16.2 Å². The van der Waals surface area contributed by atoms with Crippen LogP contribution >= 0.6 is 0 Å². The molecule has 4 N–H and O–H groups in total. The van der Waals surface area contributed by atoms with Crippen LogP contribution in [0.2, 0.25) is 0 Å². The summed E-state index contributed by atoms with van der Waals surface area (Å²) >= 11 is 0. The number of hydrogen-bond acceptors (Lipinski definition) is 3. The lowest BCUT2D eigenvalue weighted by molar-refractivity contribution is -0.117. The molecule has 1 aromatic rings. The van der Waals surface area contributed by atoms with Gasteiger partial charge in [0.2, 0.25) is 5.91 Å². The molecule has 0 radical (unpaired) electrons. The third-order valence-corrected chi connectivity index (χ3v) is 1.95. The summed E-state index contributed by atoms with van der Waals surface area (Å²) in [6.07, 6.45) is -1.23. The Kier molecular flexibility index (Phi) is 4.33. The van der Waals surface area contributed by atoms with Crippen LogP contribution in [0.15, 0.2) is 18.2 Å². The SMILES string of the molecule is NC(=O)CNCC(O)c1cc(F)ccc1F. The number of benzene rings is 1. The zero-order valence-corrected chi connectivity index (χ0v) is 8.41. The van der Waals surface area contributed by atoms with E-state index in [9.17, 15) is 18.7 Å². The van der Waals surface area contributed by atoms with Crippen LogP contribution in [-0.2, 0) is 4.79 Å². The molecule has 88 valence electrons. The van der Waals surface area contributed by atoms with E-state index in [2.05, 4.69) is 5.32 Å². The van der Waals surface area contributed by atoms with Gasteiger partial charge in [-0.2, -0.15) is 0 Å². The second-order valence-corrected chi connectivity index (χ2v) is 3.28. The second-order valence-electron chi connectivity index (χ2n) is 3.28. The van der Waals surface area contributed by atoms with Crippen LogP contribution < -0.4 is 11.1 Å². The van der Waals surface area contributed by atoms with Crippen LogP contribution in [0.1, 0.15) is 11.7 Å². The number of carbonyl (C=O) groups is 1. The van der Waals surface area contributed by atoms with Crippen LogP contribution in [-0.4, -0.2) is 24.1 Å². The van der Waals surface area contributed by atoms with E-state index in [1.54, 1.807) is 0 Å². The monoisotopic (exact) mass is 230 g/mol. The molecule has 0 bridgehead atoms. The lowest BCUT2D eigenvalue weighted by Crippen LogP contribution is -2.31. The Bertz CT molecular complexity index is 385. The average molecular weight is 230 g/mol. The van der Waals surface area contributed by atoms with Crippen molar-refractivity contribution >= 4 is 5.91 Å². The summed E-state index contributed by atoms with van der Waals surface area (Å²) in [5, 5.41) is 12.0. The highest BCUT2D eigenvalue weighted by atomic mass is 19.1. The Labute approximate surface area is 91.1 Å². The minimum atomic E-state index is -1.23. The number of rotatable bonds is 5. The smallest absolute Gasteiger partial charge is 0.231 e. The fourth-order valence-electron chi connectivity index (χ4n) is 1.21. The molecule has 0 spiro atoms. The molecule has 0 aliphatic carbocycles. The number of halogens is 2. The highest BCUT2D eigenvalue weighted by Crippen LogP contribution is 2.17. The number of aliphatic hydroxyl groups excluding tert-OH is 1. The molecular weight excluding hydrogens is 218 g/mol. The largest absolute Gasteiger partial charge is 0.387 e. The first-order chi connectivity index (χ1) is 7.50. The molecule has 1 unspecified atom stereocenters. The lowest BCUT2D eigenvalue weighted by atomic mass is 10.1. The molecular formula is C10H12F2N2O2. The van der Waals surface area contributed by atoms with E-state index < -0.39 is 23.6 Å². The Morgan fingerprint density at radius 3 is 2.81 bits per heavy atom. The summed E-state index contributed by atoms with van der Waals surface area (Å²) in [6.45, 7) is -0.211. The molecule has 4 nitrogen and oxygen atoms in total. The van der Waals surface area contributed by atoms with E-state index in [-0.39, 0.29) is 18.7 Å². The summed E-state index contributed by atoms with van der Waals surface area (Å²) in [4.78, 5) is 10.4. The standard InChI is InChI=1S/C10H12F2N2O2/c11-6-1-2-8(12)7(3-6)9(15)4-14-5-10(13)16/h1-3,9,14-15H,4-5H2,(H2,13,16). The van der Waals surface area contributed by atoms with Gasteiger partial charge in [-0.25, -0.2) is 8.78 Å². The lowest BCUT2D eigenvalue weighted by Gasteiger charge is -2.12. The first-order valence-corrected chi connectivity index (χ1v) is 4.62. The maximum Gasteiger partial charge on any atom is 0.231 e. The van der Waals surface area contributed by atoms with Crippen molar-refractivity contribution < 1.29 is 18.7 Å². The van der Waals surface area contributed by atoms with Gasteiger partial charge in [0.25, 0.3) is 0 Å². The Hall–Kier alpha value is -1.53. The first-order valence-electron chi connectivity index (χ1n) is 4.62. The van der Waals surface area contributed by atoms with Gasteiger partial charge in [0.05, 0.1) is 12.6 Å². The predicted octanol–water partition coefficient (Wildman–Crippen LogP) is 0.0731. The van der Waals surface area contributed by atoms with Gasteiger partial charge in [0.1, 0.15) is 11.6 Å². The van der Waals surface area contributed by atoms with Crippen LogP contribution in [0.5, 0.6) is 0 Å². The molecule has 0 aromatic heterocycles. The minimum Gasteiger partial charge on any atom is -0.387 e. The number of carbonyl (C=O) groups excluding carboxylic acids is 1. The summed E-state index contributed by atoms with van der Waals surface area (Å²) in [5.41, 5.74) is 4.70. The van der Waals surface area contributed by atoms with Crippen molar-refractivity contribution in [2.24, 2.45) is 5.73 Å². The molecule has 1 rings (SSSR count). The summed E-state index contributed by atoms with van der Waals surface area (Å²) < 4.78 is 25.9. The van der Waals surface area contributed by atoms with Crippen molar-refractivity contribution in [3.63, 3.8) is 0 Å². The van der Waals surface area contributed by atoms with E-state index in [1.165, 1.54) is 0 Å². The van der Waals surface area contributed by atoms with Gasteiger partial charge >= 0.3 is 0 Å². The minimum absolute atomic E-state index is 0.0800. The first kappa shape index (κ1) is 12.5. The number of primary amides is 1. The third-order valence-electron chi connectivity index (χ3n) is 1.95. The Morgan fingerprint density at radius 1 is 1.50 bits per heavy atom. The number of nitrogens with one attached hydrogen (secondary N) is 1. The Morgan fingerprint density at radius 2 is 2.19 bits per heavy atom. The van der Waals surface area contributed by atoms with Crippen molar-refractivity contribution in [1.82, 2.24) is 5.32 Å². The molecule has 1 atom stereocenters. The number of hydrogen-bond donors (Lipinski definition) is 3. The molecule has 0 aliphatic heterocycles. The molecule has 0 fully saturated rings. The Balaban J connectivity index is 2.61. The zero-order chi connectivity index (χ0) is 12.1. The number of nitrogens with two attached hydrogens (primary N) is 1. The highest BCUT2D eigenvalue weighted by Gasteiger charge is 2.13. The van der Waals surface area contributed by atoms with E-state index in [0.29, 0.717) is 0 Å². The van der Waals surface area contributed by atoms with Gasteiger partial charge in [-0.1, -0.05) is 0 Å². The predicted molar refractivity (Wildman–Crippen MR) is 53.4 cm³/mol. The van der Waals surface area contributed by atoms with Crippen molar-refractivity contribution in [2.75, 3.05) is 13.1 Å². The number of aliphatic hydroxyl groups is 1. The van der Waals surface area contributed by atoms with Crippen molar-refractivity contribution in [3.05, 3.63) is 35.4 Å². The molecule has 16 heavy (non-hydrogen) atoms. The zero-order valence-electron chi connectivity index (χ0n) is 8.41. The molecule has 0 saturated carbocycles. The molecule has 0 saturated heterocycles. The quantitative estimate of drug-likeness (QED) is 0.670. The summed E-state index contributed by atoms with van der Waals surface area (Å²) in [5.74, 6) is -1.92. The van der Waals surface area contributed by atoms with Crippen molar-refractivity contribution in [2.45, 2.75) is 6.10 Å². The molecule has 1 aromatic carbocycles. The second kappa shape index (κ2) is 5.53. The molecule has 0 heterocycles. The van der Waals surface area contributed by atoms with Gasteiger partial charge in [-0.3, -0.25) is 4.79 Å². The fourth-order valence-corrected chi connectivity index (χ4v) is 1.21. The van der Waals surface area contributed by atoms with Gasteiger partial charge in [0.15, 0.2) is 0 Å². The van der Waals surface area contributed by atoms with Gasteiger partial charge in [0, 0.05) is 12.1 Å². The van der Waals surface area contributed by atoms with E-state index in [1.807, 2.05) is 0 Å². The maximum atomic E-state index is 13.2. The number of amides is 1. The summed E-state index contributed by atoms with van der Waals surface area (Å²) in [7, 11) is 0. The van der Waals surface area contributed by atoms with Crippen LogP contribution in [0.3, 0.4) is 0 Å². The molecule has 6 heteroatoms. The van der Waals surface area contributed by atoms with Gasteiger partial charge in [-0.05, 0) is 18.2 Å². The van der Waals surface area contributed by atoms with Crippen molar-refractivity contribution in [1.29, 1.82) is 0 Å². The maximum absolute atomic E-state index is 13.2. The van der Waals surface area contributed by atoms with E-state index in [4.69, 9.17) is 5.73 Å². The average Bonchev–Trinajstić information content (AvgIpc) is 2.21. The molecule has 1 amide bonds. The van der Waals surface area contributed by atoms with Gasteiger partial charge in [-0.15, -0.1) is 0 Å². The highest BCUT2D eigenvalue weighted by molar-refractivity contribution is 5.75. The topological polar surface area (TPSA) is 75.4 Å². The van der Waals surface area contributed by atoms with Crippen LogP contribution in [0.25, 0.3) is 0 Å². The van der Waals surface area contributed by atoms with Crippen molar-refractivity contribution in [3.8, 4) is 0 Å².